The summed E-state index contributed by atoms with van der Waals surface area (Å²) < 4.78 is 5.11. The molecule has 1 aliphatic carbocycles. The lowest BCUT2D eigenvalue weighted by Gasteiger charge is -2.16. The molecule has 0 unspecified atom stereocenters. The molecule has 5 N–H and O–H groups in total. The SMILES string of the molecule is COc1cccc([C@@H]2C[C@@]([NH3+])(C(=O)O)C=C2C(=O)O)c1. The first-order valence-corrected chi connectivity index (χ1v) is 6.06. The van der Waals surface area contributed by atoms with E-state index in [-0.39, 0.29) is 12.0 Å². The van der Waals surface area contributed by atoms with Gasteiger partial charge in [-0.25, -0.2) is 9.59 Å². The van der Waals surface area contributed by atoms with Crippen LogP contribution in [0.1, 0.15) is 17.9 Å². The van der Waals surface area contributed by atoms with Gasteiger partial charge in [0.05, 0.1) is 7.11 Å². The fourth-order valence-electron chi connectivity index (χ4n) is 2.45. The Kier molecular flexibility index (Phi) is 3.50. The second-order valence-electron chi connectivity index (χ2n) is 4.90. The van der Waals surface area contributed by atoms with Crippen molar-refractivity contribution < 1.29 is 30.3 Å². The minimum absolute atomic E-state index is 0.0654. The van der Waals surface area contributed by atoms with Gasteiger partial charge in [0.25, 0.3) is 0 Å². The summed E-state index contributed by atoms with van der Waals surface area (Å²) in [6.45, 7) is 0. The van der Waals surface area contributed by atoms with E-state index in [0.717, 1.165) is 0 Å². The number of ether oxygens (including phenoxy) is 1. The molecule has 2 atom stereocenters. The lowest BCUT2D eigenvalue weighted by atomic mass is 9.89. The molecule has 0 saturated heterocycles. The van der Waals surface area contributed by atoms with E-state index in [9.17, 15) is 19.8 Å². The van der Waals surface area contributed by atoms with Crippen molar-refractivity contribution in [3.05, 3.63) is 41.5 Å². The Labute approximate surface area is 115 Å². The number of aliphatic carboxylic acids is 2. The lowest BCUT2D eigenvalue weighted by molar-refractivity contribution is -0.444. The van der Waals surface area contributed by atoms with Gasteiger partial charge in [-0.15, -0.1) is 0 Å². The predicted octanol–water partition coefficient (Wildman–Crippen LogP) is 0.259. The Morgan fingerprint density at radius 2 is 2.10 bits per heavy atom. The molecule has 0 heterocycles. The van der Waals surface area contributed by atoms with Crippen molar-refractivity contribution in [1.82, 2.24) is 0 Å². The van der Waals surface area contributed by atoms with Gasteiger partial charge < -0.3 is 20.7 Å². The number of hydrogen-bond donors (Lipinski definition) is 3. The molecule has 6 nitrogen and oxygen atoms in total. The molecule has 0 radical (unpaired) electrons. The number of methoxy groups -OCH3 is 1. The van der Waals surface area contributed by atoms with Crippen molar-refractivity contribution in [1.29, 1.82) is 0 Å². The highest BCUT2D eigenvalue weighted by atomic mass is 16.5. The summed E-state index contributed by atoms with van der Waals surface area (Å²) in [5, 5.41) is 18.5. The van der Waals surface area contributed by atoms with E-state index in [1.165, 1.54) is 13.2 Å². The smallest absolute Gasteiger partial charge is 0.369 e. The van der Waals surface area contributed by atoms with Crippen LogP contribution in [0.15, 0.2) is 35.9 Å². The zero-order chi connectivity index (χ0) is 14.9. The van der Waals surface area contributed by atoms with Crippen molar-refractivity contribution in [2.75, 3.05) is 7.11 Å². The first-order valence-electron chi connectivity index (χ1n) is 6.06. The van der Waals surface area contributed by atoms with Gasteiger partial charge in [0.15, 0.2) is 0 Å². The summed E-state index contributed by atoms with van der Waals surface area (Å²) in [6, 6.07) is 6.97. The number of benzene rings is 1. The average Bonchev–Trinajstić information content (AvgIpc) is 2.79. The minimum Gasteiger partial charge on any atom is -0.497 e. The van der Waals surface area contributed by atoms with E-state index in [2.05, 4.69) is 5.73 Å². The highest BCUT2D eigenvalue weighted by Crippen LogP contribution is 2.39. The Balaban J connectivity index is 2.44. The molecule has 0 aliphatic heterocycles. The van der Waals surface area contributed by atoms with Crippen molar-refractivity contribution in [3.63, 3.8) is 0 Å². The number of carbonyl (C=O) groups is 2. The first kappa shape index (κ1) is 14.1. The summed E-state index contributed by atoms with van der Waals surface area (Å²) in [5.41, 5.74) is 3.03. The highest BCUT2D eigenvalue weighted by Gasteiger charge is 2.48. The van der Waals surface area contributed by atoms with Gasteiger partial charge in [-0.2, -0.15) is 0 Å². The van der Waals surface area contributed by atoms with Crippen LogP contribution in [0.25, 0.3) is 0 Å². The summed E-state index contributed by atoms with van der Waals surface area (Å²) in [7, 11) is 1.52. The first-order chi connectivity index (χ1) is 9.37. The van der Waals surface area contributed by atoms with E-state index < -0.39 is 23.4 Å². The number of quaternary nitrogens is 1. The van der Waals surface area contributed by atoms with Crippen LogP contribution in [-0.4, -0.2) is 34.8 Å². The molecule has 0 fully saturated rings. The molecule has 2 rings (SSSR count). The van der Waals surface area contributed by atoms with Crippen LogP contribution < -0.4 is 10.5 Å². The number of rotatable bonds is 4. The molecule has 20 heavy (non-hydrogen) atoms. The van der Waals surface area contributed by atoms with E-state index in [1.807, 2.05) is 0 Å². The normalized spacial score (nSPS) is 25.1. The van der Waals surface area contributed by atoms with Gasteiger partial charge in [-0.1, -0.05) is 12.1 Å². The molecular formula is C14H16NO5+. The van der Waals surface area contributed by atoms with Gasteiger partial charge in [-0.05, 0) is 23.8 Å². The maximum atomic E-state index is 11.3. The summed E-state index contributed by atoms with van der Waals surface area (Å²) in [6.07, 6.45) is 1.36. The molecular weight excluding hydrogens is 262 g/mol. The van der Waals surface area contributed by atoms with Crippen molar-refractivity contribution in [2.45, 2.75) is 17.9 Å². The van der Waals surface area contributed by atoms with E-state index in [0.29, 0.717) is 11.3 Å². The van der Waals surface area contributed by atoms with Crippen molar-refractivity contribution >= 4 is 11.9 Å². The minimum atomic E-state index is -1.40. The maximum Gasteiger partial charge on any atom is 0.369 e. The van der Waals surface area contributed by atoms with Crippen molar-refractivity contribution in [3.8, 4) is 5.75 Å². The third-order valence-corrected chi connectivity index (χ3v) is 3.54. The molecule has 1 aromatic rings. The van der Waals surface area contributed by atoms with Crippen LogP contribution >= 0.6 is 0 Å². The molecule has 1 aromatic carbocycles. The fourth-order valence-corrected chi connectivity index (χ4v) is 2.45. The molecule has 1 aliphatic rings. The van der Waals surface area contributed by atoms with Crippen molar-refractivity contribution in [2.24, 2.45) is 0 Å². The van der Waals surface area contributed by atoms with E-state index in [1.54, 1.807) is 24.3 Å². The molecule has 0 spiro atoms. The van der Waals surface area contributed by atoms with Gasteiger partial charge in [0.2, 0.25) is 5.54 Å². The summed E-state index contributed by atoms with van der Waals surface area (Å²) in [4.78, 5) is 22.6. The predicted molar refractivity (Wildman–Crippen MR) is 69.3 cm³/mol. The fraction of sp³-hybridized carbons (Fsp3) is 0.286. The highest BCUT2D eigenvalue weighted by molar-refractivity contribution is 5.93. The Bertz CT molecular complexity index is 595. The Morgan fingerprint density at radius 1 is 1.40 bits per heavy atom. The number of carboxylic acids is 2. The zero-order valence-electron chi connectivity index (χ0n) is 11.0. The molecule has 0 amide bonds. The zero-order valence-corrected chi connectivity index (χ0v) is 11.0. The molecule has 6 heteroatoms. The molecule has 0 bridgehead atoms. The van der Waals surface area contributed by atoms with Crippen LogP contribution in [-0.2, 0) is 9.59 Å². The molecule has 0 saturated carbocycles. The largest absolute Gasteiger partial charge is 0.497 e. The maximum absolute atomic E-state index is 11.3. The van der Waals surface area contributed by atoms with Crippen LogP contribution in [0.2, 0.25) is 0 Å². The van der Waals surface area contributed by atoms with Crippen LogP contribution in [0, 0.1) is 0 Å². The van der Waals surface area contributed by atoms with Gasteiger partial charge in [-0.3, -0.25) is 0 Å². The average molecular weight is 278 g/mol. The van der Waals surface area contributed by atoms with Crippen LogP contribution in [0.5, 0.6) is 5.75 Å². The quantitative estimate of drug-likeness (QED) is 0.731. The van der Waals surface area contributed by atoms with Gasteiger partial charge >= 0.3 is 11.9 Å². The van der Waals surface area contributed by atoms with Crippen LogP contribution in [0.4, 0.5) is 0 Å². The number of hydrogen-bond acceptors (Lipinski definition) is 3. The lowest BCUT2D eigenvalue weighted by Crippen LogP contribution is -2.75. The summed E-state index contributed by atoms with van der Waals surface area (Å²) >= 11 is 0. The van der Waals surface area contributed by atoms with E-state index in [4.69, 9.17) is 4.74 Å². The summed E-state index contributed by atoms with van der Waals surface area (Å²) in [5.74, 6) is -2.15. The molecule has 106 valence electrons. The van der Waals surface area contributed by atoms with E-state index >= 15 is 0 Å². The second kappa shape index (κ2) is 4.97. The Morgan fingerprint density at radius 3 is 2.65 bits per heavy atom. The molecule has 0 aromatic heterocycles. The monoisotopic (exact) mass is 278 g/mol. The Hall–Kier alpha value is -2.34. The van der Waals surface area contributed by atoms with Crippen LogP contribution in [0.3, 0.4) is 0 Å². The number of carboxylic acid groups (broad SMARTS) is 2. The standard InChI is InChI=1S/C14H15NO5/c1-20-9-4-2-3-8(5-9)10-6-14(15,13(18)19)7-11(10)12(16)17/h2-5,7,10H,6,15H2,1H3,(H,16,17)(H,18,19)/p+1/t10-,14-/m0/s1. The third-order valence-electron chi connectivity index (χ3n) is 3.54. The second-order valence-corrected chi connectivity index (χ2v) is 4.90. The third kappa shape index (κ3) is 2.37. The topological polar surface area (TPSA) is 111 Å². The van der Waals surface area contributed by atoms with Gasteiger partial charge in [0, 0.05) is 17.9 Å². The van der Waals surface area contributed by atoms with Gasteiger partial charge in [0.1, 0.15) is 5.75 Å².